The summed E-state index contributed by atoms with van der Waals surface area (Å²) < 4.78 is 31.2. The third kappa shape index (κ3) is 3.02. The molecule has 0 aliphatic carbocycles. The number of hydrogen-bond acceptors (Lipinski definition) is 4. The molecular weight excluding hydrogens is 242 g/mol. The zero-order valence-electron chi connectivity index (χ0n) is 9.69. The van der Waals surface area contributed by atoms with E-state index in [4.69, 9.17) is 11.0 Å². The first-order valence-electron chi connectivity index (χ1n) is 5.27. The van der Waals surface area contributed by atoms with Crippen molar-refractivity contribution in [1.82, 2.24) is 0 Å². The summed E-state index contributed by atoms with van der Waals surface area (Å²) in [4.78, 5) is 11.2. The Hall–Kier alpha value is -2.00. The molecule has 0 bridgehead atoms. The maximum absolute atomic E-state index is 13.6. The smallest absolute Gasteiger partial charge is 0.342 e. The summed E-state index contributed by atoms with van der Waals surface area (Å²) in [7, 11) is 0. The van der Waals surface area contributed by atoms with Crippen molar-refractivity contribution < 1.29 is 18.3 Å². The average Bonchev–Trinajstić information content (AvgIpc) is 2.38. The normalized spacial score (nSPS) is 13.5. The van der Waals surface area contributed by atoms with Gasteiger partial charge in [-0.3, -0.25) is 0 Å². The molecule has 0 radical (unpaired) electrons. The fourth-order valence-corrected chi connectivity index (χ4v) is 1.37. The highest BCUT2D eigenvalue weighted by molar-refractivity contribution is 5.75. The molecule has 0 aliphatic heterocycles. The number of carbonyl (C=O) groups excluding carboxylic acids is 1. The number of carbonyl (C=O) groups is 1. The van der Waals surface area contributed by atoms with E-state index in [1.165, 1.54) is 6.07 Å². The summed E-state index contributed by atoms with van der Waals surface area (Å²) in [5.74, 6) is -1.80. The first-order valence-corrected chi connectivity index (χ1v) is 5.27. The van der Waals surface area contributed by atoms with Gasteiger partial charge in [0.1, 0.15) is 11.9 Å². The Kier molecular flexibility index (Phi) is 4.75. The topological polar surface area (TPSA) is 76.1 Å². The minimum absolute atomic E-state index is 0.0405. The van der Waals surface area contributed by atoms with Gasteiger partial charge in [0.05, 0.1) is 18.2 Å². The fourth-order valence-electron chi connectivity index (χ4n) is 1.37. The van der Waals surface area contributed by atoms with E-state index < -0.39 is 24.0 Å². The van der Waals surface area contributed by atoms with Crippen LogP contribution in [-0.2, 0) is 9.53 Å². The Morgan fingerprint density at radius 3 is 2.83 bits per heavy atom. The van der Waals surface area contributed by atoms with Gasteiger partial charge in [0.15, 0.2) is 0 Å². The molecule has 1 aromatic rings. The van der Waals surface area contributed by atoms with E-state index in [1.807, 2.05) is 0 Å². The summed E-state index contributed by atoms with van der Waals surface area (Å²) in [6.07, 6.45) is -2.05. The molecule has 2 atom stereocenters. The predicted molar refractivity (Wildman–Crippen MR) is 59.6 cm³/mol. The molecule has 1 aromatic carbocycles. The van der Waals surface area contributed by atoms with E-state index in [2.05, 4.69) is 4.74 Å². The number of esters is 1. The summed E-state index contributed by atoms with van der Waals surface area (Å²) in [6.45, 7) is 1.58. The lowest BCUT2D eigenvalue weighted by Gasteiger charge is -2.16. The highest BCUT2D eigenvalue weighted by atomic mass is 19.1. The van der Waals surface area contributed by atoms with E-state index in [-0.39, 0.29) is 17.7 Å². The predicted octanol–water partition coefficient (Wildman–Crippen LogP) is 1.60. The molecule has 0 amide bonds. The molecule has 96 valence electrons. The van der Waals surface area contributed by atoms with E-state index in [0.717, 1.165) is 12.1 Å². The van der Waals surface area contributed by atoms with Crippen LogP contribution in [0.4, 0.5) is 8.78 Å². The van der Waals surface area contributed by atoms with Crippen molar-refractivity contribution in [1.29, 1.82) is 5.26 Å². The van der Waals surface area contributed by atoms with Crippen LogP contribution in [0.15, 0.2) is 18.2 Å². The minimum Gasteiger partial charge on any atom is -0.464 e. The van der Waals surface area contributed by atoms with Crippen LogP contribution in [0, 0.1) is 17.1 Å². The van der Waals surface area contributed by atoms with Crippen molar-refractivity contribution in [3.63, 3.8) is 0 Å². The van der Waals surface area contributed by atoms with Crippen LogP contribution in [0.2, 0.25) is 0 Å². The molecule has 0 fully saturated rings. The monoisotopic (exact) mass is 254 g/mol. The van der Waals surface area contributed by atoms with Crippen LogP contribution >= 0.6 is 0 Å². The van der Waals surface area contributed by atoms with Gasteiger partial charge in [0.25, 0.3) is 0 Å². The number of ether oxygens (including phenoxy) is 1. The standard InChI is InChI=1S/C12H12F2N2O2/c1-2-18-12(17)10(14)11(16)7-3-4-9(13)8(5-7)6-15/h3-5,10-11H,2,16H2,1H3/t10?,11-/m0/s1. The highest BCUT2D eigenvalue weighted by Crippen LogP contribution is 2.20. The first-order chi connectivity index (χ1) is 8.51. The fraction of sp³-hybridized carbons (Fsp3) is 0.333. The third-order valence-corrected chi connectivity index (χ3v) is 2.32. The van der Waals surface area contributed by atoms with Gasteiger partial charge < -0.3 is 10.5 Å². The van der Waals surface area contributed by atoms with Crippen LogP contribution in [0.5, 0.6) is 0 Å². The van der Waals surface area contributed by atoms with Crippen molar-refractivity contribution in [3.8, 4) is 6.07 Å². The van der Waals surface area contributed by atoms with Crippen LogP contribution < -0.4 is 5.73 Å². The molecule has 0 saturated heterocycles. The zero-order valence-corrected chi connectivity index (χ0v) is 9.69. The second kappa shape index (κ2) is 6.07. The van der Waals surface area contributed by atoms with Gasteiger partial charge in [0, 0.05) is 0 Å². The van der Waals surface area contributed by atoms with Gasteiger partial charge >= 0.3 is 5.97 Å². The summed E-state index contributed by atoms with van der Waals surface area (Å²) in [5.41, 5.74) is 5.45. The van der Waals surface area contributed by atoms with E-state index in [0.29, 0.717) is 0 Å². The van der Waals surface area contributed by atoms with Crippen molar-refractivity contribution in [2.24, 2.45) is 5.73 Å². The average molecular weight is 254 g/mol. The SMILES string of the molecule is CCOC(=O)C(F)[C@@H](N)c1ccc(F)c(C#N)c1. The van der Waals surface area contributed by atoms with E-state index >= 15 is 0 Å². The van der Waals surface area contributed by atoms with Crippen LogP contribution in [0.1, 0.15) is 24.1 Å². The largest absolute Gasteiger partial charge is 0.464 e. The van der Waals surface area contributed by atoms with Crippen LogP contribution in [0.25, 0.3) is 0 Å². The Bertz CT molecular complexity index is 485. The summed E-state index contributed by atoms with van der Waals surface area (Å²) >= 11 is 0. The Labute approximate surface area is 103 Å². The Morgan fingerprint density at radius 2 is 2.28 bits per heavy atom. The van der Waals surface area contributed by atoms with Gasteiger partial charge in [-0.15, -0.1) is 0 Å². The number of halogens is 2. The Morgan fingerprint density at radius 1 is 1.61 bits per heavy atom. The zero-order chi connectivity index (χ0) is 13.7. The van der Waals surface area contributed by atoms with Crippen molar-refractivity contribution in [2.45, 2.75) is 19.1 Å². The van der Waals surface area contributed by atoms with Crippen LogP contribution in [0.3, 0.4) is 0 Å². The molecule has 4 nitrogen and oxygen atoms in total. The van der Waals surface area contributed by atoms with Crippen molar-refractivity contribution in [3.05, 3.63) is 35.1 Å². The number of alkyl halides is 1. The van der Waals surface area contributed by atoms with Gasteiger partial charge in [-0.25, -0.2) is 13.6 Å². The number of nitrogens with zero attached hydrogens (tertiary/aromatic N) is 1. The molecule has 6 heteroatoms. The van der Waals surface area contributed by atoms with Gasteiger partial charge in [-0.2, -0.15) is 5.26 Å². The summed E-state index contributed by atoms with van der Waals surface area (Å²) in [6, 6.07) is 3.67. The van der Waals surface area contributed by atoms with Gasteiger partial charge in [0.2, 0.25) is 6.17 Å². The third-order valence-electron chi connectivity index (χ3n) is 2.32. The maximum Gasteiger partial charge on any atom is 0.342 e. The maximum atomic E-state index is 13.6. The van der Waals surface area contributed by atoms with Crippen molar-refractivity contribution >= 4 is 5.97 Å². The number of rotatable bonds is 4. The van der Waals surface area contributed by atoms with E-state index in [1.54, 1.807) is 13.0 Å². The molecule has 2 N–H and O–H groups in total. The summed E-state index contributed by atoms with van der Waals surface area (Å²) in [5, 5.41) is 8.64. The number of hydrogen-bond donors (Lipinski definition) is 1. The van der Waals surface area contributed by atoms with Crippen LogP contribution in [-0.4, -0.2) is 18.7 Å². The minimum atomic E-state index is -2.05. The lowest BCUT2D eigenvalue weighted by atomic mass is 10.0. The molecule has 18 heavy (non-hydrogen) atoms. The second-order valence-electron chi connectivity index (χ2n) is 3.53. The molecule has 0 spiro atoms. The van der Waals surface area contributed by atoms with E-state index in [9.17, 15) is 13.6 Å². The molecule has 0 aromatic heterocycles. The first kappa shape index (κ1) is 14.1. The molecule has 0 heterocycles. The number of nitriles is 1. The van der Waals surface area contributed by atoms with Crippen molar-refractivity contribution in [2.75, 3.05) is 6.61 Å². The molecular formula is C12H12F2N2O2. The van der Waals surface area contributed by atoms with Gasteiger partial charge in [-0.05, 0) is 24.6 Å². The molecule has 1 unspecified atom stereocenters. The molecule has 0 saturated carbocycles. The number of nitrogens with two attached hydrogens (primary N) is 1. The second-order valence-corrected chi connectivity index (χ2v) is 3.53. The molecule has 0 aliphatic rings. The Balaban J connectivity index is 2.94. The number of benzene rings is 1. The highest BCUT2D eigenvalue weighted by Gasteiger charge is 2.28. The lowest BCUT2D eigenvalue weighted by Crippen LogP contribution is -2.31. The quantitative estimate of drug-likeness (QED) is 0.828. The lowest BCUT2D eigenvalue weighted by molar-refractivity contribution is -0.149. The molecule has 1 rings (SSSR count). The van der Waals surface area contributed by atoms with Gasteiger partial charge in [-0.1, -0.05) is 6.07 Å².